The van der Waals surface area contributed by atoms with Crippen LogP contribution in [0.5, 0.6) is 0 Å². The van der Waals surface area contributed by atoms with E-state index < -0.39 is 23.1 Å². The van der Waals surface area contributed by atoms with Gasteiger partial charge >= 0.3 is 285 Å². The van der Waals surface area contributed by atoms with Crippen molar-refractivity contribution in [1.82, 2.24) is 0 Å². The van der Waals surface area contributed by atoms with Gasteiger partial charge in [-0.1, -0.05) is 52.4 Å². The molecule has 0 saturated carbocycles. The molecule has 0 aliphatic heterocycles. The zero-order chi connectivity index (χ0) is 37.4. The van der Waals surface area contributed by atoms with Crippen LogP contribution in [-0.4, -0.2) is 54.0 Å². The van der Waals surface area contributed by atoms with E-state index in [2.05, 4.69) is 27.7 Å². The Balaban J connectivity index is 4.85. The third-order valence-electron chi connectivity index (χ3n) is 10.2. The average molecular weight is 862 g/mol. The predicted molar refractivity (Wildman–Crippen MR) is 230 cm³/mol. The van der Waals surface area contributed by atoms with Gasteiger partial charge < -0.3 is 0 Å². The van der Waals surface area contributed by atoms with Crippen molar-refractivity contribution in [2.45, 2.75) is 251 Å². The molecule has 4 nitrogen and oxygen atoms in total. The van der Waals surface area contributed by atoms with Crippen molar-refractivity contribution in [3.8, 4) is 0 Å². The summed E-state index contributed by atoms with van der Waals surface area (Å²) in [4.78, 5) is 26.6. The summed E-state index contributed by atoms with van der Waals surface area (Å²) in [6, 6.07) is 0. The quantitative estimate of drug-likeness (QED) is 0.0346. The van der Waals surface area contributed by atoms with Crippen LogP contribution in [-0.2, 0) is 19.1 Å². The van der Waals surface area contributed by atoms with Crippen LogP contribution in [0, 0.1) is 0 Å². The molecule has 0 fully saturated rings. The van der Waals surface area contributed by atoms with E-state index in [9.17, 15) is 9.59 Å². The molecule has 0 saturated heterocycles. The first-order valence-electron chi connectivity index (χ1n) is 22.4. The van der Waals surface area contributed by atoms with Crippen molar-refractivity contribution in [3.63, 3.8) is 0 Å². The third-order valence-corrected chi connectivity index (χ3v) is 22.1. The van der Waals surface area contributed by atoms with Crippen molar-refractivity contribution in [2.24, 2.45) is 0 Å². The standard InChI is InChI=1S/C30H60O2S.C14H28O2S.Sn/c1-4-7-10-13-16-17-18-19-22-25-28-32-29(31)30(33,26-23-20-14-11-8-5-2)27-24-21-15-12-9-6-3;1-2-3-4-5-6-7-8-9-10-11-12-16-14(15)13-17;/h33H,4-28H2,1-3H3;17H,2-13H2,1H3;/q;;+2/p-2. The Hall–Kier alpha value is 0.439. The summed E-state index contributed by atoms with van der Waals surface area (Å²) in [7, 11) is 3.72. The summed E-state index contributed by atoms with van der Waals surface area (Å²) in [5.74, 6) is 0.420. The van der Waals surface area contributed by atoms with E-state index in [4.69, 9.17) is 9.47 Å². The molecule has 0 atom stereocenters. The fourth-order valence-electron chi connectivity index (χ4n) is 6.76. The number of hydrogen-bond donors (Lipinski definition) is 0. The van der Waals surface area contributed by atoms with Gasteiger partial charge in [-0.3, -0.25) is 0 Å². The van der Waals surface area contributed by atoms with Crippen LogP contribution >= 0.6 is 17.9 Å². The zero-order valence-electron chi connectivity index (χ0n) is 34.6. The summed E-state index contributed by atoms with van der Waals surface area (Å²) >= 11 is -1.07. The molecular formula is C44H86O4S2Sn. The fraction of sp³-hybridized carbons (Fsp3) is 0.955. The molecule has 0 aromatic rings. The molecule has 0 N–H and O–H groups in total. The number of carbonyl (C=O) groups is 2. The Morgan fingerprint density at radius 3 is 1.12 bits per heavy atom. The first-order valence-corrected chi connectivity index (χ1v) is 31.2. The van der Waals surface area contributed by atoms with Crippen LogP contribution in [0.15, 0.2) is 0 Å². The van der Waals surface area contributed by atoms with E-state index in [0.717, 1.165) is 51.4 Å². The first-order chi connectivity index (χ1) is 25.1. The molecule has 0 bridgehead atoms. The van der Waals surface area contributed by atoms with Crippen LogP contribution in [0.4, 0.5) is 0 Å². The van der Waals surface area contributed by atoms with Gasteiger partial charge in [-0.05, 0) is 0 Å². The maximum atomic E-state index is 14.0. The van der Waals surface area contributed by atoms with E-state index in [-0.39, 0.29) is 11.9 Å². The monoisotopic (exact) mass is 862 g/mol. The molecule has 0 amide bonds. The molecule has 0 rings (SSSR count). The fourth-order valence-corrected chi connectivity index (χ4v) is 19.3. The van der Waals surface area contributed by atoms with Crippen molar-refractivity contribution < 1.29 is 19.1 Å². The van der Waals surface area contributed by atoms with Crippen LogP contribution in [0.3, 0.4) is 0 Å². The van der Waals surface area contributed by atoms with Gasteiger partial charge in [0, 0.05) is 0 Å². The van der Waals surface area contributed by atoms with Gasteiger partial charge in [0.05, 0.1) is 0 Å². The van der Waals surface area contributed by atoms with E-state index in [1.165, 1.54) is 167 Å². The van der Waals surface area contributed by atoms with E-state index in [1.54, 1.807) is 8.95 Å². The van der Waals surface area contributed by atoms with Gasteiger partial charge in [0.1, 0.15) is 0 Å². The number of esters is 2. The molecule has 7 heteroatoms. The second-order valence-corrected chi connectivity index (χ2v) is 26.0. The molecule has 2 radical (unpaired) electrons. The van der Waals surface area contributed by atoms with Crippen molar-refractivity contribution in [2.75, 3.05) is 19.0 Å². The minimum atomic E-state index is -1.07. The Morgan fingerprint density at radius 2 is 0.745 bits per heavy atom. The summed E-state index contributed by atoms with van der Waals surface area (Å²) in [5, 5.41) is 0. The van der Waals surface area contributed by atoms with Crippen LogP contribution in [0.2, 0.25) is 0 Å². The van der Waals surface area contributed by atoms with Gasteiger partial charge in [0.2, 0.25) is 0 Å². The van der Waals surface area contributed by atoms with Crippen LogP contribution < -0.4 is 0 Å². The van der Waals surface area contributed by atoms with Crippen LogP contribution in [0.1, 0.15) is 246 Å². The summed E-state index contributed by atoms with van der Waals surface area (Å²) in [5.41, 5.74) is 0. The molecule has 0 aliphatic rings. The molecule has 0 aromatic carbocycles. The number of ether oxygens (including phenoxy) is 2. The Bertz CT molecular complexity index is 722. The zero-order valence-corrected chi connectivity index (χ0v) is 39.1. The van der Waals surface area contributed by atoms with Gasteiger partial charge in [-0.2, -0.15) is 0 Å². The second kappa shape index (κ2) is 41.6. The summed E-state index contributed by atoms with van der Waals surface area (Å²) in [6.07, 6.45) is 42.4. The maximum absolute atomic E-state index is 14.0. The molecule has 302 valence electrons. The molecule has 0 unspecified atom stereocenters. The Labute approximate surface area is 334 Å². The van der Waals surface area contributed by atoms with Crippen molar-refractivity contribution >= 4 is 48.2 Å². The molecule has 0 aromatic heterocycles. The van der Waals surface area contributed by atoms with E-state index in [0.29, 0.717) is 19.0 Å². The molecule has 0 heterocycles. The van der Waals surface area contributed by atoms with Crippen LogP contribution in [0.25, 0.3) is 0 Å². The summed E-state index contributed by atoms with van der Waals surface area (Å²) < 4.78 is 11.3. The van der Waals surface area contributed by atoms with Gasteiger partial charge in [0.25, 0.3) is 0 Å². The number of carbonyl (C=O) groups excluding carboxylic acids is 2. The van der Waals surface area contributed by atoms with Gasteiger partial charge in [-0.15, -0.1) is 0 Å². The Kier molecular flexibility index (Phi) is 42.0. The molecule has 0 aliphatic carbocycles. The second-order valence-electron chi connectivity index (χ2n) is 15.2. The number of rotatable bonds is 42. The molecular weight excluding hydrogens is 775 g/mol. The minimum absolute atomic E-state index is 0.0515. The smallest absolute Gasteiger partial charge is 0.0654 e. The Morgan fingerprint density at radius 1 is 0.431 bits per heavy atom. The SMILES string of the molecule is CCCCCCCCCCCCOC(=O)C[S][Sn][S]C(CCCCCCCC)(CCCCCCCC)C(=O)OCCCCCCCCCCCC. The number of hydrogen-bond acceptors (Lipinski definition) is 6. The van der Waals surface area contributed by atoms with E-state index in [1.807, 2.05) is 8.95 Å². The van der Waals surface area contributed by atoms with Crippen molar-refractivity contribution in [3.05, 3.63) is 0 Å². The van der Waals surface area contributed by atoms with E-state index >= 15 is 0 Å². The topological polar surface area (TPSA) is 52.6 Å². The first kappa shape index (κ1) is 51.4. The minimum Gasteiger partial charge on any atom is -0.0654 e. The van der Waals surface area contributed by atoms with Gasteiger partial charge in [0.15, 0.2) is 0 Å². The molecule has 51 heavy (non-hydrogen) atoms. The summed E-state index contributed by atoms with van der Waals surface area (Å²) in [6.45, 7) is 10.2. The van der Waals surface area contributed by atoms with Crippen molar-refractivity contribution in [1.29, 1.82) is 0 Å². The normalized spacial score (nSPS) is 11.7. The predicted octanol–water partition coefficient (Wildman–Crippen LogP) is 15.2. The number of unbranched alkanes of at least 4 members (excludes halogenated alkanes) is 28. The third kappa shape index (κ3) is 34.7. The molecule has 0 spiro atoms. The van der Waals surface area contributed by atoms with Gasteiger partial charge in [-0.25, -0.2) is 0 Å². The average Bonchev–Trinajstić information content (AvgIpc) is 3.13.